The molecule has 0 bridgehead atoms. The van der Waals surface area contributed by atoms with Gasteiger partial charge >= 0.3 is 0 Å². The number of thiophene rings is 1. The second-order valence-corrected chi connectivity index (χ2v) is 10.0. The van der Waals surface area contributed by atoms with Gasteiger partial charge in [-0.25, -0.2) is 13.1 Å². The fourth-order valence-electron chi connectivity index (χ4n) is 2.97. The third-order valence-electron chi connectivity index (χ3n) is 4.50. The molecule has 5 nitrogen and oxygen atoms in total. The van der Waals surface area contributed by atoms with Gasteiger partial charge in [0.05, 0.1) is 17.4 Å². The van der Waals surface area contributed by atoms with Crippen LogP contribution in [0.1, 0.15) is 43.2 Å². The van der Waals surface area contributed by atoms with Crippen molar-refractivity contribution < 1.29 is 13.2 Å². The number of hydrogen-bond donors (Lipinski definition) is 1. The van der Waals surface area contributed by atoms with Crippen molar-refractivity contribution in [1.29, 1.82) is 5.26 Å². The minimum atomic E-state index is -3.35. The van der Waals surface area contributed by atoms with E-state index >= 15 is 0 Å². The van der Waals surface area contributed by atoms with Crippen molar-refractivity contribution in [2.24, 2.45) is 0 Å². The first-order chi connectivity index (χ1) is 12.4. The van der Waals surface area contributed by atoms with Crippen molar-refractivity contribution in [1.82, 2.24) is 4.72 Å². The van der Waals surface area contributed by atoms with Gasteiger partial charge in [-0.1, -0.05) is 24.3 Å². The minimum absolute atomic E-state index is 0.256. The highest BCUT2D eigenvalue weighted by Crippen LogP contribution is 2.32. The number of rotatable bonds is 5. The Balaban J connectivity index is 1.81. The van der Waals surface area contributed by atoms with Crippen LogP contribution in [0.25, 0.3) is 10.4 Å². The Kier molecular flexibility index (Phi) is 5.78. The zero-order chi connectivity index (χ0) is 18.7. The number of sulfonamides is 1. The quantitative estimate of drug-likeness (QED) is 0.841. The van der Waals surface area contributed by atoms with Crippen LogP contribution in [0, 0.1) is 11.3 Å². The second-order valence-electron chi connectivity index (χ2n) is 6.65. The number of nitriles is 1. The highest BCUT2D eigenvalue weighted by Gasteiger charge is 2.31. The lowest BCUT2D eigenvalue weighted by Gasteiger charge is -2.33. The maximum Gasteiger partial charge on any atom is 0.214 e. The monoisotopic (exact) mass is 390 g/mol. The van der Waals surface area contributed by atoms with Crippen LogP contribution in [-0.2, 0) is 14.8 Å². The van der Waals surface area contributed by atoms with E-state index in [1.54, 1.807) is 13.8 Å². The van der Waals surface area contributed by atoms with Crippen LogP contribution >= 0.6 is 11.3 Å². The molecule has 0 saturated carbocycles. The van der Waals surface area contributed by atoms with Gasteiger partial charge in [0.25, 0.3) is 0 Å². The number of benzene rings is 1. The normalized spacial score (nSPS) is 20.8. The smallest absolute Gasteiger partial charge is 0.214 e. The number of ether oxygens (including phenoxy) is 1. The van der Waals surface area contributed by atoms with Crippen molar-refractivity contribution in [2.75, 3.05) is 6.61 Å². The summed E-state index contributed by atoms with van der Waals surface area (Å²) in [6.45, 7) is 3.97. The van der Waals surface area contributed by atoms with Gasteiger partial charge in [0.2, 0.25) is 10.0 Å². The van der Waals surface area contributed by atoms with E-state index in [1.165, 1.54) is 11.3 Å². The largest absolute Gasteiger partial charge is 0.372 e. The lowest BCUT2D eigenvalue weighted by atomic mass is 9.96. The lowest BCUT2D eigenvalue weighted by molar-refractivity contribution is -0.00446. The predicted octanol–water partition coefficient (Wildman–Crippen LogP) is 3.83. The van der Waals surface area contributed by atoms with E-state index < -0.39 is 15.3 Å². The van der Waals surface area contributed by atoms with Crippen molar-refractivity contribution in [2.45, 2.75) is 44.1 Å². The Bertz CT molecular complexity index is 896. The molecule has 0 spiro atoms. The number of nitrogens with one attached hydrogen (secondary N) is 1. The highest BCUT2D eigenvalue weighted by atomic mass is 32.2. The molecular weight excluding hydrogens is 368 g/mol. The van der Waals surface area contributed by atoms with Gasteiger partial charge in [-0.05, 0) is 49.9 Å². The fourth-order valence-corrected chi connectivity index (χ4v) is 4.71. The molecule has 0 radical (unpaired) electrons. The van der Waals surface area contributed by atoms with Gasteiger partial charge in [-0.2, -0.15) is 5.26 Å². The summed E-state index contributed by atoms with van der Waals surface area (Å²) in [4.78, 5) is 1.72. The van der Waals surface area contributed by atoms with Crippen LogP contribution in [0.2, 0.25) is 0 Å². The molecular formula is C19H22N2O3S2. The first-order valence-electron chi connectivity index (χ1n) is 8.64. The van der Waals surface area contributed by atoms with Gasteiger partial charge in [-0.3, -0.25) is 0 Å². The van der Waals surface area contributed by atoms with Crippen molar-refractivity contribution in [3.05, 3.63) is 46.8 Å². The van der Waals surface area contributed by atoms with Crippen LogP contribution < -0.4 is 4.72 Å². The van der Waals surface area contributed by atoms with Crippen LogP contribution in [-0.4, -0.2) is 26.3 Å². The fraction of sp³-hybridized carbons (Fsp3) is 0.421. The summed E-state index contributed by atoms with van der Waals surface area (Å²) in [6, 6.07) is 13.6. The SMILES string of the molecule is CC(C)S(=O)(=O)N[C@@H]1CCCO[C@H]1c1ccc(-c2ccc(C#N)s2)cc1. The summed E-state index contributed by atoms with van der Waals surface area (Å²) in [7, 11) is -3.35. The summed E-state index contributed by atoms with van der Waals surface area (Å²) in [5.41, 5.74) is 2.00. The first kappa shape index (κ1) is 19.1. The highest BCUT2D eigenvalue weighted by molar-refractivity contribution is 7.90. The van der Waals surface area contributed by atoms with E-state index in [0.29, 0.717) is 11.5 Å². The summed E-state index contributed by atoms with van der Waals surface area (Å²) in [5, 5.41) is 8.49. The van der Waals surface area contributed by atoms with Crippen LogP contribution in [0.4, 0.5) is 0 Å². The van der Waals surface area contributed by atoms with E-state index in [-0.39, 0.29) is 12.1 Å². The molecule has 1 fully saturated rings. The molecule has 3 rings (SSSR count). The molecule has 138 valence electrons. The zero-order valence-electron chi connectivity index (χ0n) is 14.8. The molecule has 1 aromatic heterocycles. The van der Waals surface area contributed by atoms with E-state index in [4.69, 9.17) is 10.00 Å². The molecule has 2 atom stereocenters. The van der Waals surface area contributed by atoms with Crippen molar-refractivity contribution >= 4 is 21.4 Å². The van der Waals surface area contributed by atoms with E-state index in [2.05, 4.69) is 10.8 Å². The zero-order valence-corrected chi connectivity index (χ0v) is 16.4. The molecule has 2 heterocycles. The van der Waals surface area contributed by atoms with Gasteiger partial charge in [0.15, 0.2) is 0 Å². The van der Waals surface area contributed by atoms with E-state index in [0.717, 1.165) is 28.8 Å². The molecule has 0 amide bonds. The number of hydrogen-bond acceptors (Lipinski definition) is 5. The summed E-state index contributed by atoms with van der Waals surface area (Å²) in [5.74, 6) is 0. The average molecular weight is 391 g/mol. The molecule has 26 heavy (non-hydrogen) atoms. The molecule has 0 aliphatic carbocycles. The van der Waals surface area contributed by atoms with Crippen LogP contribution in [0.5, 0.6) is 0 Å². The van der Waals surface area contributed by atoms with Gasteiger partial charge < -0.3 is 4.74 Å². The van der Waals surface area contributed by atoms with Gasteiger partial charge in [0.1, 0.15) is 10.9 Å². The predicted molar refractivity (Wildman–Crippen MR) is 103 cm³/mol. The molecule has 1 aliphatic rings. The second kappa shape index (κ2) is 7.89. The molecule has 7 heteroatoms. The molecule has 2 aromatic rings. The first-order valence-corrected chi connectivity index (χ1v) is 11.0. The number of nitrogens with zero attached hydrogens (tertiary/aromatic N) is 1. The minimum Gasteiger partial charge on any atom is -0.372 e. The molecule has 1 aliphatic heterocycles. The van der Waals surface area contributed by atoms with Crippen LogP contribution in [0.15, 0.2) is 36.4 Å². The van der Waals surface area contributed by atoms with Gasteiger partial charge in [-0.15, -0.1) is 11.3 Å². The molecule has 1 N–H and O–H groups in total. The molecule has 0 unspecified atom stereocenters. The standard InChI is InChI=1S/C19H22N2O3S2/c1-13(2)26(22,23)21-17-4-3-11-24-19(17)15-7-5-14(6-8-15)18-10-9-16(12-20)25-18/h5-10,13,17,19,21H,3-4,11H2,1-2H3/t17-,19+/m1/s1. The Morgan fingerprint density at radius 3 is 2.58 bits per heavy atom. The maximum absolute atomic E-state index is 12.3. The Morgan fingerprint density at radius 1 is 1.23 bits per heavy atom. The van der Waals surface area contributed by atoms with Crippen molar-refractivity contribution in [3.63, 3.8) is 0 Å². The molecule has 1 saturated heterocycles. The van der Waals surface area contributed by atoms with E-state index in [9.17, 15) is 8.42 Å². The topological polar surface area (TPSA) is 79.2 Å². The Morgan fingerprint density at radius 2 is 1.96 bits per heavy atom. The lowest BCUT2D eigenvalue weighted by Crippen LogP contribution is -2.45. The van der Waals surface area contributed by atoms with Gasteiger partial charge in [0, 0.05) is 11.5 Å². The van der Waals surface area contributed by atoms with Crippen molar-refractivity contribution in [3.8, 4) is 16.5 Å². The Hall–Kier alpha value is -1.72. The third kappa shape index (κ3) is 4.15. The van der Waals surface area contributed by atoms with E-state index in [1.807, 2.05) is 36.4 Å². The summed E-state index contributed by atoms with van der Waals surface area (Å²) >= 11 is 1.46. The molecule has 1 aromatic carbocycles. The summed E-state index contributed by atoms with van der Waals surface area (Å²) in [6.07, 6.45) is 1.31. The Labute approximate surface area is 158 Å². The average Bonchev–Trinajstić information content (AvgIpc) is 3.11. The summed E-state index contributed by atoms with van der Waals surface area (Å²) < 4.78 is 33.2. The maximum atomic E-state index is 12.3. The van der Waals surface area contributed by atoms with Crippen LogP contribution in [0.3, 0.4) is 0 Å². The third-order valence-corrected chi connectivity index (χ3v) is 7.41.